The molecule has 0 amide bonds. The number of nitriles is 1. The van der Waals surface area contributed by atoms with Crippen molar-refractivity contribution in [2.45, 2.75) is 0 Å². The van der Waals surface area contributed by atoms with E-state index in [1.165, 1.54) is 21.8 Å². The highest BCUT2D eigenvalue weighted by Crippen LogP contribution is 2.38. The molecule has 242 valence electrons. The molecule has 0 saturated carbocycles. The summed E-state index contributed by atoms with van der Waals surface area (Å²) in [6.07, 6.45) is 0. The molecule has 3 heterocycles. The summed E-state index contributed by atoms with van der Waals surface area (Å²) in [7, 11) is 0. The molecule has 7 aromatic carbocycles. The van der Waals surface area contributed by atoms with Crippen molar-refractivity contribution < 1.29 is 0 Å². The molecule has 0 fully saturated rings. The van der Waals surface area contributed by atoms with Gasteiger partial charge in [0.1, 0.15) is 0 Å². The van der Waals surface area contributed by atoms with E-state index in [2.05, 4.69) is 126 Å². The standard InChI is InChI=1S/C46H27N5S/c47-28-29-15-23-42-38(25-29)39-27-34(21-24-43(39)52-42)46-49-44(31-9-3-1-4-10-31)48-45(50-46)32-18-16-30(17-19-32)33-20-22-41-37(26-33)36-13-7-8-14-40(36)51(41)35-11-5-2-6-12-35/h1-27H. The minimum absolute atomic E-state index is 0.603. The van der Waals surface area contributed by atoms with Crippen LogP contribution in [0, 0.1) is 11.3 Å². The van der Waals surface area contributed by atoms with Gasteiger partial charge in [-0.1, -0.05) is 97.1 Å². The molecule has 0 spiro atoms. The molecule has 10 aromatic rings. The molecule has 0 bridgehead atoms. The van der Waals surface area contributed by atoms with Gasteiger partial charge in [-0.25, -0.2) is 15.0 Å². The van der Waals surface area contributed by atoms with E-state index in [-0.39, 0.29) is 0 Å². The molecule has 0 aliphatic rings. The van der Waals surface area contributed by atoms with Crippen LogP contribution in [0.15, 0.2) is 164 Å². The quantitative estimate of drug-likeness (QED) is 0.181. The normalized spacial score (nSPS) is 11.4. The van der Waals surface area contributed by atoms with Crippen LogP contribution >= 0.6 is 11.3 Å². The average Bonchev–Trinajstić information content (AvgIpc) is 3.76. The highest BCUT2D eigenvalue weighted by atomic mass is 32.1. The van der Waals surface area contributed by atoms with E-state index < -0.39 is 0 Å². The Morgan fingerprint density at radius 3 is 1.71 bits per heavy atom. The van der Waals surface area contributed by atoms with Gasteiger partial charge in [0, 0.05) is 53.3 Å². The molecule has 6 heteroatoms. The smallest absolute Gasteiger partial charge is 0.164 e. The van der Waals surface area contributed by atoms with E-state index in [4.69, 9.17) is 15.0 Å². The molecule has 0 atom stereocenters. The number of para-hydroxylation sites is 2. The summed E-state index contributed by atoms with van der Waals surface area (Å²) in [6, 6.07) is 58.9. The van der Waals surface area contributed by atoms with Crippen molar-refractivity contribution in [2.24, 2.45) is 0 Å². The summed E-state index contributed by atoms with van der Waals surface area (Å²) >= 11 is 1.72. The summed E-state index contributed by atoms with van der Waals surface area (Å²) in [5, 5.41) is 14.1. The third-order valence-electron chi connectivity index (χ3n) is 9.69. The molecule has 0 radical (unpaired) electrons. The van der Waals surface area contributed by atoms with Crippen molar-refractivity contribution in [2.75, 3.05) is 0 Å². The van der Waals surface area contributed by atoms with Crippen molar-refractivity contribution in [3.63, 3.8) is 0 Å². The lowest BCUT2D eigenvalue weighted by molar-refractivity contribution is 1.07. The van der Waals surface area contributed by atoms with Crippen LogP contribution in [-0.2, 0) is 0 Å². The van der Waals surface area contributed by atoms with E-state index in [9.17, 15) is 5.26 Å². The van der Waals surface area contributed by atoms with Gasteiger partial charge in [0.2, 0.25) is 0 Å². The number of thiophene rings is 1. The van der Waals surface area contributed by atoms with Gasteiger partial charge in [0.25, 0.3) is 0 Å². The maximum atomic E-state index is 9.54. The third kappa shape index (κ3) is 5.03. The molecule has 0 saturated heterocycles. The van der Waals surface area contributed by atoms with Gasteiger partial charge in [0.05, 0.1) is 22.7 Å². The topological polar surface area (TPSA) is 67.4 Å². The first-order valence-electron chi connectivity index (χ1n) is 17.1. The summed E-state index contributed by atoms with van der Waals surface area (Å²) < 4.78 is 4.64. The van der Waals surface area contributed by atoms with Crippen molar-refractivity contribution in [1.29, 1.82) is 5.26 Å². The Balaban J connectivity index is 1.07. The fraction of sp³-hybridized carbons (Fsp3) is 0. The molecular formula is C46H27N5S. The molecule has 5 nitrogen and oxygen atoms in total. The van der Waals surface area contributed by atoms with Crippen LogP contribution in [0.5, 0.6) is 0 Å². The van der Waals surface area contributed by atoms with Crippen molar-refractivity contribution >= 4 is 53.3 Å². The van der Waals surface area contributed by atoms with Crippen molar-refractivity contribution in [3.05, 3.63) is 169 Å². The SMILES string of the molecule is N#Cc1ccc2sc3ccc(-c4nc(-c5ccccc5)nc(-c5ccc(-c6ccc7c(c6)c6ccccc6n7-c6ccccc6)cc5)n4)cc3c2c1. The number of aromatic nitrogens is 4. The van der Waals surface area contributed by atoms with E-state index in [0.717, 1.165) is 53.7 Å². The Labute approximate surface area is 303 Å². The van der Waals surface area contributed by atoms with Crippen LogP contribution in [0.4, 0.5) is 0 Å². The lowest BCUT2D eigenvalue weighted by Gasteiger charge is -2.10. The fourth-order valence-electron chi connectivity index (χ4n) is 7.16. The maximum Gasteiger partial charge on any atom is 0.164 e. The highest BCUT2D eigenvalue weighted by Gasteiger charge is 2.16. The van der Waals surface area contributed by atoms with E-state index >= 15 is 0 Å². The Kier molecular flexibility index (Phi) is 6.98. The lowest BCUT2D eigenvalue weighted by Crippen LogP contribution is -2.00. The van der Waals surface area contributed by atoms with Gasteiger partial charge in [-0.15, -0.1) is 11.3 Å². The zero-order chi connectivity index (χ0) is 34.6. The molecule has 0 unspecified atom stereocenters. The lowest BCUT2D eigenvalue weighted by atomic mass is 10.0. The molecule has 0 aliphatic carbocycles. The van der Waals surface area contributed by atoms with Crippen LogP contribution in [0.3, 0.4) is 0 Å². The molecule has 52 heavy (non-hydrogen) atoms. The second-order valence-corrected chi connectivity index (χ2v) is 13.9. The van der Waals surface area contributed by atoms with E-state index in [0.29, 0.717) is 23.0 Å². The second-order valence-electron chi connectivity index (χ2n) is 12.8. The zero-order valence-electron chi connectivity index (χ0n) is 27.7. The molecule has 0 aliphatic heterocycles. The van der Waals surface area contributed by atoms with Gasteiger partial charge in [0.15, 0.2) is 17.5 Å². The van der Waals surface area contributed by atoms with E-state index in [1.54, 1.807) is 11.3 Å². The number of hydrogen-bond donors (Lipinski definition) is 0. The molecule has 3 aromatic heterocycles. The van der Waals surface area contributed by atoms with Crippen molar-refractivity contribution in [3.8, 4) is 57.0 Å². The van der Waals surface area contributed by atoms with Crippen LogP contribution in [0.1, 0.15) is 5.56 Å². The molecular weight excluding hydrogens is 655 g/mol. The monoisotopic (exact) mass is 681 g/mol. The second kappa shape index (κ2) is 12.1. The van der Waals surface area contributed by atoms with Crippen molar-refractivity contribution in [1.82, 2.24) is 19.5 Å². The third-order valence-corrected chi connectivity index (χ3v) is 10.8. The Hall–Kier alpha value is -6.94. The van der Waals surface area contributed by atoms with Gasteiger partial charge in [-0.2, -0.15) is 5.26 Å². The largest absolute Gasteiger partial charge is 0.309 e. The number of rotatable bonds is 5. The minimum Gasteiger partial charge on any atom is -0.309 e. The van der Waals surface area contributed by atoms with Gasteiger partial charge < -0.3 is 4.57 Å². The summed E-state index contributed by atoms with van der Waals surface area (Å²) in [5.41, 5.74) is 9.16. The van der Waals surface area contributed by atoms with Crippen LogP contribution in [0.2, 0.25) is 0 Å². The van der Waals surface area contributed by atoms with Gasteiger partial charge >= 0.3 is 0 Å². The first-order valence-corrected chi connectivity index (χ1v) is 17.9. The first kappa shape index (κ1) is 29.9. The summed E-state index contributed by atoms with van der Waals surface area (Å²) in [6.45, 7) is 0. The maximum absolute atomic E-state index is 9.54. The average molecular weight is 682 g/mol. The number of benzene rings is 7. The Morgan fingerprint density at radius 1 is 0.423 bits per heavy atom. The summed E-state index contributed by atoms with van der Waals surface area (Å²) in [5.74, 6) is 1.83. The Morgan fingerprint density at radius 2 is 0.962 bits per heavy atom. The van der Waals surface area contributed by atoms with Gasteiger partial charge in [-0.3, -0.25) is 0 Å². The minimum atomic E-state index is 0.603. The predicted octanol–water partition coefficient (Wildman–Crippen LogP) is 11.9. The number of hydrogen-bond acceptors (Lipinski definition) is 5. The van der Waals surface area contributed by atoms with Crippen LogP contribution < -0.4 is 0 Å². The predicted molar refractivity (Wildman–Crippen MR) is 214 cm³/mol. The highest BCUT2D eigenvalue weighted by molar-refractivity contribution is 7.25. The van der Waals surface area contributed by atoms with Gasteiger partial charge in [-0.05, 0) is 77.9 Å². The Bertz CT molecular complexity index is 3010. The molecule has 10 rings (SSSR count). The summed E-state index contributed by atoms with van der Waals surface area (Å²) in [4.78, 5) is 15.0. The molecule has 0 N–H and O–H groups in total. The fourth-order valence-corrected chi connectivity index (χ4v) is 8.22. The zero-order valence-corrected chi connectivity index (χ0v) is 28.5. The van der Waals surface area contributed by atoms with E-state index in [1.807, 2.05) is 48.5 Å². The number of nitrogens with zero attached hydrogens (tertiary/aromatic N) is 5. The first-order chi connectivity index (χ1) is 25.7. The van der Waals surface area contributed by atoms with Crippen LogP contribution in [0.25, 0.3) is 93.0 Å². The number of fused-ring (bicyclic) bond motifs is 6. The van der Waals surface area contributed by atoms with Crippen LogP contribution in [-0.4, -0.2) is 19.5 Å².